The minimum absolute atomic E-state index is 0.0317. The van der Waals surface area contributed by atoms with Gasteiger partial charge in [0.25, 0.3) is 0 Å². The first-order valence-corrected chi connectivity index (χ1v) is 21.6. The fourth-order valence-corrected chi connectivity index (χ4v) is 6.02. The predicted octanol–water partition coefficient (Wildman–Crippen LogP) is 10.8. The van der Waals surface area contributed by atoms with Gasteiger partial charge in [0.1, 0.15) is 19.8 Å². The number of hydrogen-bond acceptors (Lipinski definition) is 7. The van der Waals surface area contributed by atoms with E-state index in [1.54, 1.807) is 0 Å². The average Bonchev–Trinajstić information content (AvgIpc) is 3.06. The van der Waals surface area contributed by atoms with Crippen LogP contribution >= 0.6 is 7.82 Å². The Kier molecular flexibility index (Phi) is 32.3. The number of rotatable bonds is 36. The molecule has 0 spiro atoms. The Bertz CT molecular complexity index is 918. The van der Waals surface area contributed by atoms with Crippen LogP contribution in [0.4, 0.5) is 0 Å². The van der Waals surface area contributed by atoms with E-state index in [0.717, 1.165) is 57.8 Å². The standard InChI is InChI=1S/C40H76NO8P/c1-6-8-10-12-13-14-15-16-17-18-19-20-21-22-23-24-25-26-27-29-31-33-40(43)49-38(36-46-39(42)32-30-28-11-9-7-2)37-48-50(44,45)47-35-34-41(3,4)5/h15-16,18-19,38H,6-14,17,20-37H2,1-5H3/p+1/b16-15-,19-18-. The molecule has 0 rings (SSSR count). The zero-order chi connectivity index (χ0) is 37.2. The number of ether oxygens (including phenoxy) is 2. The van der Waals surface area contributed by atoms with Gasteiger partial charge >= 0.3 is 19.8 Å². The molecule has 0 radical (unpaired) electrons. The molecule has 10 heteroatoms. The molecule has 1 N–H and O–H groups in total. The summed E-state index contributed by atoms with van der Waals surface area (Å²) in [6, 6.07) is 0. The van der Waals surface area contributed by atoms with Gasteiger partial charge in [0.05, 0.1) is 27.7 Å². The zero-order valence-electron chi connectivity index (χ0n) is 32.9. The van der Waals surface area contributed by atoms with Gasteiger partial charge in [0, 0.05) is 12.8 Å². The van der Waals surface area contributed by atoms with E-state index in [4.69, 9.17) is 18.5 Å². The van der Waals surface area contributed by atoms with Crippen molar-refractivity contribution < 1.29 is 42.1 Å². The molecule has 0 aromatic heterocycles. The molecule has 0 bridgehead atoms. The van der Waals surface area contributed by atoms with Crippen LogP contribution in [0, 0.1) is 0 Å². The van der Waals surface area contributed by atoms with Gasteiger partial charge in [-0.1, -0.05) is 134 Å². The topological polar surface area (TPSA) is 108 Å². The molecule has 0 aliphatic rings. The lowest BCUT2D eigenvalue weighted by atomic mass is 10.1. The second kappa shape index (κ2) is 33.3. The summed E-state index contributed by atoms with van der Waals surface area (Å²) in [4.78, 5) is 34.9. The monoisotopic (exact) mass is 731 g/mol. The van der Waals surface area contributed by atoms with E-state index < -0.39 is 26.5 Å². The van der Waals surface area contributed by atoms with Crippen LogP contribution in [0.3, 0.4) is 0 Å². The van der Waals surface area contributed by atoms with Gasteiger partial charge in [-0.2, -0.15) is 0 Å². The van der Waals surface area contributed by atoms with Crippen LogP contribution in [0.1, 0.15) is 168 Å². The van der Waals surface area contributed by atoms with Crippen molar-refractivity contribution in [3.63, 3.8) is 0 Å². The van der Waals surface area contributed by atoms with E-state index in [2.05, 4.69) is 38.2 Å². The van der Waals surface area contributed by atoms with Crippen LogP contribution in [0.25, 0.3) is 0 Å². The number of unbranched alkanes of at least 4 members (excludes halogenated alkanes) is 18. The second-order valence-electron chi connectivity index (χ2n) is 14.7. The number of allylic oxidation sites excluding steroid dienone is 4. The third-order valence-corrected chi connectivity index (χ3v) is 9.47. The highest BCUT2D eigenvalue weighted by molar-refractivity contribution is 7.47. The number of carbonyl (C=O) groups excluding carboxylic acids is 2. The molecule has 2 unspecified atom stereocenters. The highest BCUT2D eigenvalue weighted by Crippen LogP contribution is 2.43. The van der Waals surface area contributed by atoms with E-state index in [1.165, 1.54) is 77.0 Å². The molecule has 0 saturated heterocycles. The van der Waals surface area contributed by atoms with Crippen molar-refractivity contribution in [2.24, 2.45) is 0 Å². The molecule has 0 saturated carbocycles. The molecule has 0 aromatic rings. The third-order valence-electron chi connectivity index (χ3n) is 8.48. The van der Waals surface area contributed by atoms with Crippen LogP contribution in [0.5, 0.6) is 0 Å². The summed E-state index contributed by atoms with van der Waals surface area (Å²) < 4.78 is 34.0. The summed E-state index contributed by atoms with van der Waals surface area (Å²) in [6.45, 7) is 4.30. The summed E-state index contributed by atoms with van der Waals surface area (Å²) in [5.74, 6) is -0.816. The van der Waals surface area contributed by atoms with Gasteiger partial charge in [0.2, 0.25) is 0 Å². The molecule has 0 aliphatic heterocycles. The summed E-state index contributed by atoms with van der Waals surface area (Å²) in [6.07, 6.45) is 34.1. The van der Waals surface area contributed by atoms with Crippen molar-refractivity contribution in [1.82, 2.24) is 0 Å². The molecular weight excluding hydrogens is 653 g/mol. The number of carbonyl (C=O) groups is 2. The van der Waals surface area contributed by atoms with Gasteiger partial charge in [0.15, 0.2) is 6.10 Å². The maximum absolute atomic E-state index is 12.6. The first kappa shape index (κ1) is 48.5. The molecular formula is C40H77NO8P+. The molecule has 2 atom stereocenters. The van der Waals surface area contributed by atoms with Gasteiger partial charge in [-0.15, -0.1) is 0 Å². The minimum Gasteiger partial charge on any atom is -0.462 e. The van der Waals surface area contributed by atoms with Crippen LogP contribution in [0.2, 0.25) is 0 Å². The summed E-state index contributed by atoms with van der Waals surface area (Å²) in [5.41, 5.74) is 0. The molecule has 0 aromatic carbocycles. The first-order chi connectivity index (χ1) is 24.0. The Balaban J connectivity index is 4.19. The van der Waals surface area contributed by atoms with Crippen LogP contribution in [-0.4, -0.2) is 74.9 Å². The second-order valence-corrected chi connectivity index (χ2v) is 16.1. The number of likely N-dealkylation sites (N-methyl/N-ethyl adjacent to an activating group) is 1. The number of hydrogen-bond donors (Lipinski definition) is 1. The Labute approximate surface area is 307 Å². The van der Waals surface area contributed by atoms with Crippen molar-refractivity contribution >= 4 is 19.8 Å². The summed E-state index contributed by atoms with van der Waals surface area (Å²) >= 11 is 0. The lowest BCUT2D eigenvalue weighted by Gasteiger charge is -2.24. The van der Waals surface area contributed by atoms with E-state index in [1.807, 2.05) is 21.1 Å². The Hall–Kier alpha value is -1.51. The van der Waals surface area contributed by atoms with E-state index >= 15 is 0 Å². The Morgan fingerprint density at radius 2 is 1.08 bits per heavy atom. The summed E-state index contributed by atoms with van der Waals surface area (Å²) in [7, 11) is 1.47. The molecule has 50 heavy (non-hydrogen) atoms. The number of phosphoric acid groups is 1. The quantitative estimate of drug-likeness (QED) is 0.0223. The van der Waals surface area contributed by atoms with Gasteiger partial charge in [-0.05, 0) is 44.9 Å². The third kappa shape index (κ3) is 36.3. The van der Waals surface area contributed by atoms with E-state index in [9.17, 15) is 19.0 Å². The molecule has 0 heterocycles. The molecule has 0 fully saturated rings. The molecule has 0 amide bonds. The lowest BCUT2D eigenvalue weighted by molar-refractivity contribution is -0.870. The molecule has 0 aliphatic carbocycles. The lowest BCUT2D eigenvalue weighted by Crippen LogP contribution is -2.37. The average molecular weight is 731 g/mol. The first-order valence-electron chi connectivity index (χ1n) is 20.1. The predicted molar refractivity (Wildman–Crippen MR) is 206 cm³/mol. The molecule has 9 nitrogen and oxygen atoms in total. The van der Waals surface area contributed by atoms with E-state index in [0.29, 0.717) is 17.4 Å². The number of nitrogens with zero attached hydrogens (tertiary/aromatic N) is 1. The SMILES string of the molecule is CCCCCCC/C=C\C/C=C\CCCCCCCCCCCC(=O)OC(COC(=O)CCCCCCC)COP(=O)(O)OCC[N+](C)(C)C. The van der Waals surface area contributed by atoms with Crippen molar-refractivity contribution in [3.05, 3.63) is 24.3 Å². The fourth-order valence-electron chi connectivity index (χ4n) is 5.28. The smallest absolute Gasteiger partial charge is 0.462 e. The highest BCUT2D eigenvalue weighted by atomic mass is 31.2. The van der Waals surface area contributed by atoms with Crippen LogP contribution in [0.15, 0.2) is 24.3 Å². The summed E-state index contributed by atoms with van der Waals surface area (Å²) in [5, 5.41) is 0. The van der Waals surface area contributed by atoms with Gasteiger partial charge in [-0.3, -0.25) is 18.6 Å². The Morgan fingerprint density at radius 1 is 0.620 bits per heavy atom. The minimum atomic E-state index is -4.36. The van der Waals surface area contributed by atoms with Crippen molar-refractivity contribution in [1.29, 1.82) is 0 Å². The maximum atomic E-state index is 12.6. The Morgan fingerprint density at radius 3 is 1.58 bits per heavy atom. The molecule has 294 valence electrons. The van der Waals surface area contributed by atoms with Crippen molar-refractivity contribution in [2.75, 3.05) is 47.5 Å². The van der Waals surface area contributed by atoms with Crippen LogP contribution in [-0.2, 0) is 32.7 Å². The number of quaternary nitrogens is 1. The van der Waals surface area contributed by atoms with Crippen molar-refractivity contribution in [2.45, 2.75) is 174 Å². The van der Waals surface area contributed by atoms with Gasteiger partial charge in [-0.25, -0.2) is 4.57 Å². The fraction of sp³-hybridized carbons (Fsp3) is 0.850. The van der Waals surface area contributed by atoms with Gasteiger partial charge < -0.3 is 18.9 Å². The van der Waals surface area contributed by atoms with E-state index in [-0.39, 0.29) is 32.0 Å². The zero-order valence-corrected chi connectivity index (χ0v) is 33.8. The maximum Gasteiger partial charge on any atom is 0.472 e. The highest BCUT2D eigenvalue weighted by Gasteiger charge is 2.27. The van der Waals surface area contributed by atoms with Crippen LogP contribution < -0.4 is 0 Å². The number of esters is 2. The number of phosphoric ester groups is 1. The normalized spacial score (nSPS) is 14.0. The largest absolute Gasteiger partial charge is 0.472 e. The van der Waals surface area contributed by atoms with Crippen molar-refractivity contribution in [3.8, 4) is 0 Å².